The highest BCUT2D eigenvalue weighted by atomic mass is 35.5. The molecule has 0 aromatic heterocycles. The van der Waals surface area contributed by atoms with Gasteiger partial charge in [-0.3, -0.25) is 0 Å². The summed E-state index contributed by atoms with van der Waals surface area (Å²) < 4.78 is 0. The molecule has 0 fully saturated rings. The lowest BCUT2D eigenvalue weighted by molar-refractivity contribution is 0.252. The second-order valence-corrected chi connectivity index (χ2v) is 3.95. The number of benzene rings is 1. The van der Waals surface area contributed by atoms with E-state index in [1.165, 1.54) is 0 Å². The maximum absolute atomic E-state index is 11.4. The first-order valence-electron chi connectivity index (χ1n) is 5.42. The lowest BCUT2D eigenvalue weighted by Gasteiger charge is -2.07. The molecule has 0 heterocycles. The van der Waals surface area contributed by atoms with Gasteiger partial charge in [-0.15, -0.1) is 0 Å². The SMILES string of the molecule is CCCCNC(=O)Nc1ccc(C#N)c(Cl)c1. The minimum absolute atomic E-state index is 0.265. The quantitative estimate of drug-likeness (QED) is 0.808. The number of carbonyl (C=O) groups excluding carboxylic acids is 1. The van der Waals surface area contributed by atoms with Crippen molar-refractivity contribution >= 4 is 23.3 Å². The molecule has 4 nitrogen and oxygen atoms in total. The monoisotopic (exact) mass is 251 g/mol. The average Bonchev–Trinajstić information content (AvgIpc) is 2.29. The van der Waals surface area contributed by atoms with E-state index in [2.05, 4.69) is 17.6 Å². The molecule has 0 radical (unpaired) electrons. The molecular weight excluding hydrogens is 238 g/mol. The van der Waals surface area contributed by atoms with Crippen LogP contribution in [0.2, 0.25) is 5.02 Å². The zero-order chi connectivity index (χ0) is 12.7. The van der Waals surface area contributed by atoms with Crippen molar-refractivity contribution in [2.75, 3.05) is 11.9 Å². The van der Waals surface area contributed by atoms with Crippen molar-refractivity contribution in [3.05, 3.63) is 28.8 Å². The lowest BCUT2D eigenvalue weighted by Crippen LogP contribution is -2.29. The highest BCUT2D eigenvalue weighted by Gasteiger charge is 2.04. The van der Waals surface area contributed by atoms with Crippen molar-refractivity contribution in [1.29, 1.82) is 5.26 Å². The second kappa shape index (κ2) is 6.77. The molecule has 1 aromatic carbocycles. The van der Waals surface area contributed by atoms with Crippen LogP contribution in [0.1, 0.15) is 25.3 Å². The Hall–Kier alpha value is -1.73. The van der Waals surface area contributed by atoms with Crippen molar-refractivity contribution in [3.8, 4) is 6.07 Å². The van der Waals surface area contributed by atoms with Gasteiger partial charge < -0.3 is 10.6 Å². The number of urea groups is 1. The Morgan fingerprint density at radius 1 is 1.53 bits per heavy atom. The van der Waals surface area contributed by atoms with Crippen LogP contribution in [0.5, 0.6) is 0 Å². The molecule has 17 heavy (non-hydrogen) atoms. The molecule has 2 N–H and O–H groups in total. The van der Waals surface area contributed by atoms with Gasteiger partial charge in [0.2, 0.25) is 0 Å². The van der Waals surface area contributed by atoms with Crippen molar-refractivity contribution in [2.45, 2.75) is 19.8 Å². The van der Waals surface area contributed by atoms with Crippen LogP contribution in [-0.2, 0) is 0 Å². The number of rotatable bonds is 4. The maximum Gasteiger partial charge on any atom is 0.319 e. The summed E-state index contributed by atoms with van der Waals surface area (Å²) in [7, 11) is 0. The van der Waals surface area contributed by atoms with Crippen LogP contribution in [0, 0.1) is 11.3 Å². The third kappa shape index (κ3) is 4.33. The molecule has 0 aliphatic carbocycles. The predicted octanol–water partition coefficient (Wildman–Crippen LogP) is 3.13. The van der Waals surface area contributed by atoms with E-state index in [0.717, 1.165) is 12.8 Å². The zero-order valence-electron chi connectivity index (χ0n) is 9.59. The van der Waals surface area contributed by atoms with Gasteiger partial charge in [-0.1, -0.05) is 24.9 Å². The minimum atomic E-state index is -0.265. The van der Waals surface area contributed by atoms with Crippen molar-refractivity contribution in [2.24, 2.45) is 0 Å². The van der Waals surface area contributed by atoms with Crippen molar-refractivity contribution < 1.29 is 4.79 Å². The lowest BCUT2D eigenvalue weighted by atomic mass is 10.2. The number of nitrogens with one attached hydrogen (secondary N) is 2. The van der Waals surface area contributed by atoms with Gasteiger partial charge in [0.15, 0.2) is 0 Å². The molecule has 0 spiro atoms. The van der Waals surface area contributed by atoms with Crippen LogP contribution in [-0.4, -0.2) is 12.6 Å². The Labute approximate surface area is 106 Å². The molecule has 0 bridgehead atoms. The summed E-state index contributed by atoms with van der Waals surface area (Å²) in [4.78, 5) is 11.4. The summed E-state index contributed by atoms with van der Waals surface area (Å²) in [6.07, 6.45) is 1.98. The van der Waals surface area contributed by atoms with E-state index in [4.69, 9.17) is 16.9 Å². The number of unbranched alkanes of at least 4 members (excludes halogenated alkanes) is 1. The summed E-state index contributed by atoms with van der Waals surface area (Å²) in [5.41, 5.74) is 0.964. The topological polar surface area (TPSA) is 64.9 Å². The first-order valence-corrected chi connectivity index (χ1v) is 5.79. The van der Waals surface area contributed by atoms with Gasteiger partial charge in [0.1, 0.15) is 6.07 Å². The highest BCUT2D eigenvalue weighted by Crippen LogP contribution is 2.19. The summed E-state index contributed by atoms with van der Waals surface area (Å²) in [6.45, 7) is 2.70. The fourth-order valence-corrected chi connectivity index (χ4v) is 1.46. The fourth-order valence-electron chi connectivity index (χ4n) is 1.24. The Balaban J connectivity index is 2.55. The minimum Gasteiger partial charge on any atom is -0.338 e. The zero-order valence-corrected chi connectivity index (χ0v) is 10.3. The van der Waals surface area contributed by atoms with E-state index in [1.807, 2.05) is 6.07 Å². The van der Waals surface area contributed by atoms with Gasteiger partial charge in [0.05, 0.1) is 10.6 Å². The summed E-state index contributed by atoms with van der Waals surface area (Å²) in [6, 6.07) is 6.46. The molecule has 0 unspecified atom stereocenters. The average molecular weight is 252 g/mol. The van der Waals surface area contributed by atoms with Gasteiger partial charge in [0.25, 0.3) is 0 Å². The van der Waals surface area contributed by atoms with Crippen LogP contribution in [0.4, 0.5) is 10.5 Å². The summed E-state index contributed by atoms with van der Waals surface area (Å²) in [5, 5.41) is 14.4. The standard InChI is InChI=1S/C12H14ClN3O/c1-2-3-6-15-12(17)16-10-5-4-9(8-14)11(13)7-10/h4-5,7H,2-3,6H2,1H3,(H2,15,16,17). The van der Waals surface area contributed by atoms with E-state index in [0.29, 0.717) is 22.8 Å². The van der Waals surface area contributed by atoms with Gasteiger partial charge in [-0.05, 0) is 24.6 Å². The molecule has 1 aromatic rings. The number of hydrogen-bond acceptors (Lipinski definition) is 2. The number of hydrogen-bond donors (Lipinski definition) is 2. The second-order valence-electron chi connectivity index (χ2n) is 3.54. The third-order valence-electron chi connectivity index (χ3n) is 2.16. The first kappa shape index (κ1) is 13.3. The van der Waals surface area contributed by atoms with Gasteiger partial charge >= 0.3 is 6.03 Å². The number of anilines is 1. The molecule has 0 aliphatic rings. The molecule has 1 rings (SSSR count). The predicted molar refractivity (Wildman–Crippen MR) is 68.1 cm³/mol. The summed E-state index contributed by atoms with van der Waals surface area (Å²) in [5.74, 6) is 0. The molecule has 0 saturated heterocycles. The number of halogens is 1. The largest absolute Gasteiger partial charge is 0.338 e. The first-order chi connectivity index (χ1) is 8.17. The van der Waals surface area contributed by atoms with Crippen LogP contribution >= 0.6 is 11.6 Å². The van der Waals surface area contributed by atoms with Gasteiger partial charge in [0, 0.05) is 12.2 Å². The maximum atomic E-state index is 11.4. The van der Waals surface area contributed by atoms with Gasteiger partial charge in [-0.25, -0.2) is 4.79 Å². The van der Waals surface area contributed by atoms with E-state index < -0.39 is 0 Å². The van der Waals surface area contributed by atoms with Crippen LogP contribution in [0.25, 0.3) is 0 Å². The Morgan fingerprint density at radius 3 is 2.88 bits per heavy atom. The van der Waals surface area contributed by atoms with Gasteiger partial charge in [-0.2, -0.15) is 5.26 Å². The molecular formula is C12H14ClN3O. The fraction of sp³-hybridized carbons (Fsp3) is 0.333. The van der Waals surface area contributed by atoms with Crippen LogP contribution < -0.4 is 10.6 Å². The summed E-state index contributed by atoms with van der Waals surface area (Å²) >= 11 is 5.85. The smallest absolute Gasteiger partial charge is 0.319 e. The molecule has 90 valence electrons. The third-order valence-corrected chi connectivity index (χ3v) is 2.48. The molecule has 5 heteroatoms. The highest BCUT2D eigenvalue weighted by molar-refractivity contribution is 6.32. The molecule has 0 aliphatic heterocycles. The Morgan fingerprint density at radius 2 is 2.29 bits per heavy atom. The van der Waals surface area contributed by atoms with E-state index in [1.54, 1.807) is 18.2 Å². The van der Waals surface area contributed by atoms with E-state index in [-0.39, 0.29) is 6.03 Å². The number of carbonyl (C=O) groups is 1. The van der Waals surface area contributed by atoms with Crippen molar-refractivity contribution in [1.82, 2.24) is 5.32 Å². The van der Waals surface area contributed by atoms with Crippen molar-refractivity contribution in [3.63, 3.8) is 0 Å². The van der Waals surface area contributed by atoms with Crippen LogP contribution in [0.15, 0.2) is 18.2 Å². The Kier molecular flexibility index (Phi) is 5.31. The Bertz CT molecular complexity index is 440. The molecule has 0 atom stereocenters. The molecule has 2 amide bonds. The van der Waals surface area contributed by atoms with E-state index >= 15 is 0 Å². The normalized spacial score (nSPS) is 9.47. The van der Waals surface area contributed by atoms with Crippen LogP contribution in [0.3, 0.4) is 0 Å². The number of nitrogens with zero attached hydrogens (tertiary/aromatic N) is 1. The number of nitriles is 1. The van der Waals surface area contributed by atoms with E-state index in [9.17, 15) is 4.79 Å². The number of amides is 2. The molecule has 0 saturated carbocycles.